The molecule has 1 aliphatic heterocycles. The van der Waals surface area contributed by atoms with Crippen LogP contribution in [0.3, 0.4) is 0 Å². The van der Waals surface area contributed by atoms with Crippen molar-refractivity contribution < 1.29 is 118 Å². The van der Waals surface area contributed by atoms with Gasteiger partial charge >= 0.3 is 52.0 Å². The summed E-state index contributed by atoms with van der Waals surface area (Å²) in [6, 6.07) is -3.51. The van der Waals surface area contributed by atoms with E-state index in [1.165, 1.54) is 96.9 Å². The van der Waals surface area contributed by atoms with Gasteiger partial charge in [0.1, 0.15) is 22.8 Å². The van der Waals surface area contributed by atoms with Crippen LogP contribution in [0.15, 0.2) is 3.79 Å². The largest absolute Gasteiger partial charge is 0 e. The monoisotopic (exact) mass is 1140 g/mol. The van der Waals surface area contributed by atoms with Gasteiger partial charge < -0.3 is 41.5 Å². The predicted molar refractivity (Wildman–Crippen MR) is 257 cm³/mol. The topological polar surface area (TPSA) is 281 Å². The number of nitrogens with one attached hydrogen (secondary N) is 4. The normalized spacial score (nSPS) is 16.8. The van der Waals surface area contributed by atoms with E-state index < -0.39 is 63.3 Å². The van der Waals surface area contributed by atoms with Crippen LogP contribution in [0.2, 0.25) is 0 Å². The van der Waals surface area contributed by atoms with E-state index in [9.17, 15) is 54.0 Å². The van der Waals surface area contributed by atoms with Crippen LogP contribution >= 0.6 is 64.8 Å². The Labute approximate surface area is 439 Å². The Kier molecular flexibility index (Phi) is 46.7. The average molecular weight is 1140 g/mol. The second kappa shape index (κ2) is 44.0. The Bertz CT molecular complexity index is 1370. The molecule has 0 aliphatic carbocycles. The van der Waals surface area contributed by atoms with Crippen molar-refractivity contribution in [3.8, 4) is 0 Å². The van der Waals surface area contributed by atoms with E-state index in [2.05, 4.69) is 32.1 Å². The Balaban J connectivity index is -0.00000113. The number of aliphatic hydroxyl groups is 1. The number of carbonyl (C=O) groups excluding carboxylic acids is 3. The summed E-state index contributed by atoms with van der Waals surface area (Å²) < 4.78 is 1.92. The number of carboxylic acids is 4. The number of nitrogens with zero attached hydrogens (tertiary/aromatic N) is 1. The summed E-state index contributed by atoms with van der Waals surface area (Å²) in [7, 11) is 11.1. The molecule has 1 rings (SSSR count). The van der Waals surface area contributed by atoms with E-state index in [0.29, 0.717) is 25.7 Å². The van der Waals surface area contributed by atoms with Crippen LogP contribution in [-0.2, 0) is 83.5 Å². The molecule has 1 heterocycles. The van der Waals surface area contributed by atoms with Gasteiger partial charge in [0.25, 0.3) is 0 Å². The van der Waals surface area contributed by atoms with Gasteiger partial charge in [0.15, 0.2) is 0 Å². The van der Waals surface area contributed by atoms with Gasteiger partial charge in [-0.05, 0) is 83.6 Å². The Morgan fingerprint density at radius 2 is 1.03 bits per heavy atom. The van der Waals surface area contributed by atoms with E-state index in [4.69, 9.17) is 5.11 Å². The maximum Gasteiger partial charge on any atom is 0 e. The summed E-state index contributed by atoms with van der Waals surface area (Å²) >= 11 is 1.98. The SMILES string of the molecule is CSSC1(O)SSC(N[C@@H](CCCCNC(=O)CCC(NC(=O)CC[C@H](NC(=O)CCCCCCCCCCCCCCCCC(=O)O)C(=O)O)C(=O)O)C(=O)O)SS1.F.[CH2-][N]=[V].[HH].[HH].[HH].[Y]. The van der Waals surface area contributed by atoms with Crippen molar-refractivity contribution in [2.24, 2.45) is 3.79 Å². The third kappa shape index (κ3) is 38.7. The molecule has 1 radical (unpaired) electrons. The fourth-order valence-corrected chi connectivity index (χ4v) is 17.2. The first kappa shape index (κ1) is 68.0. The molecule has 17 nitrogen and oxygen atoms in total. The van der Waals surface area contributed by atoms with E-state index in [1.807, 2.05) is 23.5 Å². The van der Waals surface area contributed by atoms with Crippen molar-refractivity contribution in [2.45, 2.75) is 174 Å². The standard InChI is InChI=1S/C37H64N4O12S6.CH2N.FH.V.Y.3H2/c1-54-57-37(53)58-55-36(56-59-37)41-26(33(47)48)18-16-17-25-38-29(42)23-21-27(34(49)50)40-31(44)24-22-28(35(51)52)39-30(43)19-14-12-10-8-6-4-2-3-5-7-9-11-13-15-20-32(45)46;1-2;;;;;;/h26-28,36,41,53H,2-25H2,1H3,(H,38,42)(H,39,43)(H,40,44)(H,45,46)(H,47,48)(H,49,50)(H,51,52);1H2;1H;;;3*1H/q;-1;;;;;;/t26-,27?,28-,36?,37?;;;;;;;/m0......./s1. The van der Waals surface area contributed by atoms with Crippen LogP contribution in [0.1, 0.15) is 152 Å². The molecule has 0 aromatic rings. The molecule has 26 heteroatoms. The minimum absolute atomic E-state index is 0. The molecule has 9 N–H and O–H groups in total. The summed E-state index contributed by atoms with van der Waals surface area (Å²) in [5.41, 5.74) is 0. The average Bonchev–Trinajstić information content (AvgIpc) is 3.20. The molecular weight excluding hydrogens is 1070 g/mol. The van der Waals surface area contributed by atoms with Crippen LogP contribution < -0.4 is 21.3 Å². The van der Waals surface area contributed by atoms with Gasteiger partial charge in [0.2, 0.25) is 21.3 Å². The zero-order chi connectivity index (χ0) is 46.6. The number of carboxylic acid groups (broad SMARTS) is 4. The number of hydrogen-bond donors (Lipinski definition) is 9. The number of carbonyl (C=O) groups is 7. The number of amides is 3. The molecule has 374 valence electrons. The molecule has 1 aliphatic rings. The zero-order valence-electron chi connectivity index (χ0n) is 36.4. The number of unbranched alkanes of at least 4 members (excludes halogenated alkanes) is 14. The van der Waals surface area contributed by atoms with Crippen molar-refractivity contribution in [3.05, 3.63) is 7.05 Å². The summed E-state index contributed by atoms with van der Waals surface area (Å²) in [6.07, 6.45) is 17.2. The molecule has 1 saturated heterocycles. The quantitative estimate of drug-likeness (QED) is 0.0122. The van der Waals surface area contributed by atoms with Crippen molar-refractivity contribution in [1.82, 2.24) is 21.3 Å². The van der Waals surface area contributed by atoms with Crippen LogP contribution in [0.25, 0.3) is 0 Å². The van der Waals surface area contributed by atoms with Gasteiger partial charge in [-0.15, -0.1) is 0 Å². The molecule has 0 aromatic carbocycles. The van der Waals surface area contributed by atoms with E-state index >= 15 is 0 Å². The number of rotatable bonds is 37. The Hall–Kier alpha value is -0.272. The Morgan fingerprint density at radius 1 is 0.641 bits per heavy atom. The molecular formula is C38H73FN5O12S6VY-. The zero-order valence-corrected chi connectivity index (χ0v) is 45.5. The molecule has 1 fully saturated rings. The first-order valence-electron chi connectivity index (χ1n) is 20.8. The van der Waals surface area contributed by atoms with E-state index in [1.54, 1.807) is 0 Å². The summed E-state index contributed by atoms with van der Waals surface area (Å²) in [4.78, 5) is 83.1. The maximum atomic E-state index is 12.5. The molecule has 64 heavy (non-hydrogen) atoms. The van der Waals surface area contributed by atoms with Gasteiger partial charge in [0, 0.05) is 69.2 Å². The van der Waals surface area contributed by atoms with Gasteiger partial charge in [-0.2, -0.15) is 0 Å². The third-order valence-electron chi connectivity index (χ3n) is 9.18. The van der Waals surface area contributed by atoms with Crippen LogP contribution in [0, 0.1) is 7.05 Å². The molecule has 0 saturated carbocycles. The fourth-order valence-electron chi connectivity index (χ4n) is 5.94. The van der Waals surface area contributed by atoms with Crippen molar-refractivity contribution >= 4 is 106 Å². The number of aliphatic carboxylic acids is 4. The fraction of sp³-hybridized carbons (Fsp3) is 0.789. The smallest absolute Gasteiger partial charge is 0 e. The van der Waals surface area contributed by atoms with Crippen LogP contribution in [0.4, 0.5) is 4.70 Å². The number of halogens is 1. The van der Waals surface area contributed by atoms with Gasteiger partial charge in [-0.3, -0.25) is 34.0 Å². The minimum atomic E-state index is -1.38. The van der Waals surface area contributed by atoms with Gasteiger partial charge in [-0.25, -0.2) is 9.59 Å². The van der Waals surface area contributed by atoms with E-state index in [0.717, 1.165) is 51.4 Å². The van der Waals surface area contributed by atoms with E-state index in [-0.39, 0.29) is 91.5 Å². The van der Waals surface area contributed by atoms with Gasteiger partial charge in [0.05, 0.1) is 0 Å². The minimum Gasteiger partial charge on any atom is 0 e. The molecule has 0 bridgehead atoms. The predicted octanol–water partition coefficient (Wildman–Crippen LogP) is 8.41. The van der Waals surface area contributed by atoms with Crippen molar-refractivity contribution in [2.75, 3.05) is 12.8 Å². The summed E-state index contributed by atoms with van der Waals surface area (Å²) in [5, 5.41) is 58.4. The molecule has 3 atom stereocenters. The van der Waals surface area contributed by atoms with Crippen LogP contribution in [-0.4, -0.2) is 106 Å². The van der Waals surface area contributed by atoms with Crippen molar-refractivity contribution in [3.63, 3.8) is 0 Å². The first-order valence-corrected chi connectivity index (χ1v) is 28.4. The molecule has 0 aromatic heterocycles. The van der Waals surface area contributed by atoms with Crippen molar-refractivity contribution in [1.29, 1.82) is 0 Å². The second-order valence-corrected chi connectivity index (χ2v) is 23.5. The maximum absolute atomic E-state index is 12.5. The first-order chi connectivity index (χ1) is 29.6. The second-order valence-electron chi connectivity index (χ2n) is 14.3. The Morgan fingerprint density at radius 3 is 1.44 bits per heavy atom. The molecule has 3 amide bonds. The summed E-state index contributed by atoms with van der Waals surface area (Å²) in [5.74, 6) is -5.97. The third-order valence-corrected chi connectivity index (χ3v) is 19.9. The summed E-state index contributed by atoms with van der Waals surface area (Å²) in [6.45, 7) is 0.248. The number of hydrogen-bond acceptors (Lipinski definition) is 16. The van der Waals surface area contributed by atoms with Crippen LogP contribution in [0.5, 0.6) is 0 Å². The molecule has 1 unspecified atom stereocenters. The van der Waals surface area contributed by atoms with Gasteiger partial charge in [-0.1, -0.05) is 109 Å². The molecule has 0 spiro atoms.